The van der Waals surface area contributed by atoms with Crippen molar-refractivity contribution in [3.05, 3.63) is 36.2 Å². The van der Waals surface area contributed by atoms with E-state index in [1.165, 1.54) is 19.1 Å². The van der Waals surface area contributed by atoms with E-state index in [1.807, 2.05) is 20.8 Å². The number of halogens is 1. The van der Waals surface area contributed by atoms with Crippen molar-refractivity contribution in [2.75, 3.05) is 0 Å². The van der Waals surface area contributed by atoms with Crippen molar-refractivity contribution < 1.29 is 18.7 Å². The van der Waals surface area contributed by atoms with E-state index in [-0.39, 0.29) is 17.1 Å². The Morgan fingerprint density at radius 3 is 2.53 bits per heavy atom. The fraction of sp³-hybridized carbons (Fsp3) is 0.400. The average molecular weight is 266 g/mol. The molecule has 1 rings (SSSR count). The topological polar surface area (TPSA) is 35.5 Å². The van der Waals surface area contributed by atoms with Crippen LogP contribution in [0.15, 0.2) is 30.4 Å². The van der Waals surface area contributed by atoms with Crippen LogP contribution in [0.3, 0.4) is 0 Å². The highest BCUT2D eigenvalue weighted by Gasteiger charge is 2.19. The minimum atomic E-state index is -0.582. The van der Waals surface area contributed by atoms with Gasteiger partial charge in [-0.25, -0.2) is 9.18 Å². The number of hydrogen-bond donors (Lipinski definition) is 0. The van der Waals surface area contributed by atoms with Gasteiger partial charge in [0.15, 0.2) is 11.6 Å². The van der Waals surface area contributed by atoms with Crippen molar-refractivity contribution in [3.63, 3.8) is 0 Å². The summed E-state index contributed by atoms with van der Waals surface area (Å²) >= 11 is 0. The summed E-state index contributed by atoms with van der Waals surface area (Å²) in [5, 5.41) is 0. The summed E-state index contributed by atoms with van der Waals surface area (Å²) in [5.41, 5.74) is -0.190. The Morgan fingerprint density at radius 1 is 1.42 bits per heavy atom. The second-order valence-corrected chi connectivity index (χ2v) is 4.98. The lowest BCUT2D eigenvalue weighted by molar-refractivity contribution is -0.130. The largest absolute Gasteiger partial charge is 0.485 e. The molecule has 1 aromatic rings. The molecular weight excluding hydrogens is 247 g/mol. The first-order valence-electron chi connectivity index (χ1n) is 6.11. The van der Waals surface area contributed by atoms with Crippen LogP contribution in [-0.4, -0.2) is 11.6 Å². The number of carbonyl (C=O) groups is 1. The third-order valence-electron chi connectivity index (χ3n) is 2.70. The van der Waals surface area contributed by atoms with Crippen molar-refractivity contribution in [2.45, 2.75) is 39.7 Å². The van der Waals surface area contributed by atoms with E-state index in [0.29, 0.717) is 0 Å². The van der Waals surface area contributed by atoms with Gasteiger partial charge >= 0.3 is 5.97 Å². The van der Waals surface area contributed by atoms with Crippen LogP contribution in [0.25, 0.3) is 0 Å². The van der Waals surface area contributed by atoms with Crippen LogP contribution < -0.4 is 9.47 Å². The van der Waals surface area contributed by atoms with Crippen LogP contribution in [0.1, 0.15) is 34.1 Å². The standard InChI is InChI=1S/C15H19FO3/c1-6-15(4,5)19-13-8-7-11(9-12(13)16)18-14(17)10(2)3/h7-9H,2,6H2,1,3-5H3. The first-order valence-corrected chi connectivity index (χ1v) is 6.11. The molecule has 0 heterocycles. The van der Waals surface area contributed by atoms with Gasteiger partial charge in [0, 0.05) is 11.6 Å². The Morgan fingerprint density at radius 2 is 2.05 bits per heavy atom. The molecule has 0 atom stereocenters. The minimum absolute atomic E-state index is 0.132. The summed E-state index contributed by atoms with van der Waals surface area (Å²) in [5.74, 6) is -0.871. The van der Waals surface area contributed by atoms with E-state index in [4.69, 9.17) is 9.47 Å². The summed E-state index contributed by atoms with van der Waals surface area (Å²) in [7, 11) is 0. The highest BCUT2D eigenvalue weighted by atomic mass is 19.1. The van der Waals surface area contributed by atoms with Gasteiger partial charge in [0.2, 0.25) is 0 Å². The Balaban J connectivity index is 2.86. The maximum atomic E-state index is 13.8. The number of hydrogen-bond acceptors (Lipinski definition) is 3. The first kappa shape index (κ1) is 15.2. The van der Waals surface area contributed by atoms with Gasteiger partial charge in [-0.15, -0.1) is 0 Å². The molecule has 0 amide bonds. The molecule has 4 heteroatoms. The molecule has 0 aliphatic rings. The molecule has 0 fully saturated rings. The third kappa shape index (κ3) is 4.39. The normalized spacial score (nSPS) is 11.0. The summed E-state index contributed by atoms with van der Waals surface area (Å²) in [6.45, 7) is 10.7. The zero-order valence-corrected chi connectivity index (χ0v) is 11.7. The van der Waals surface area contributed by atoms with E-state index in [9.17, 15) is 9.18 Å². The highest BCUT2D eigenvalue weighted by molar-refractivity contribution is 5.88. The quantitative estimate of drug-likeness (QED) is 0.461. The Bertz CT molecular complexity index is 492. The lowest BCUT2D eigenvalue weighted by atomic mass is 10.1. The zero-order valence-electron chi connectivity index (χ0n) is 11.7. The maximum Gasteiger partial charge on any atom is 0.338 e. The van der Waals surface area contributed by atoms with Crippen molar-refractivity contribution in [2.24, 2.45) is 0 Å². The predicted molar refractivity (Wildman–Crippen MR) is 71.8 cm³/mol. The summed E-state index contributed by atoms with van der Waals surface area (Å²) in [6.07, 6.45) is 0.749. The van der Waals surface area contributed by atoms with Crippen LogP contribution in [0, 0.1) is 5.82 Å². The maximum absolute atomic E-state index is 13.8. The lowest BCUT2D eigenvalue weighted by Crippen LogP contribution is -2.27. The molecule has 0 bridgehead atoms. The van der Waals surface area contributed by atoms with Crippen molar-refractivity contribution in [1.82, 2.24) is 0 Å². The number of carbonyl (C=O) groups excluding carboxylic acids is 1. The minimum Gasteiger partial charge on any atom is -0.485 e. The molecule has 0 aliphatic heterocycles. The van der Waals surface area contributed by atoms with Gasteiger partial charge in [-0.1, -0.05) is 13.5 Å². The van der Waals surface area contributed by atoms with Gasteiger partial charge in [-0.2, -0.15) is 0 Å². The fourth-order valence-electron chi connectivity index (χ4n) is 1.19. The van der Waals surface area contributed by atoms with Crippen molar-refractivity contribution in [1.29, 1.82) is 0 Å². The Hall–Kier alpha value is -1.84. The van der Waals surface area contributed by atoms with Gasteiger partial charge in [-0.3, -0.25) is 0 Å². The SMILES string of the molecule is C=C(C)C(=O)Oc1ccc(OC(C)(C)CC)c(F)c1. The van der Waals surface area contributed by atoms with Gasteiger partial charge in [0.1, 0.15) is 11.4 Å². The van der Waals surface area contributed by atoms with Crippen molar-refractivity contribution in [3.8, 4) is 11.5 Å². The molecule has 3 nitrogen and oxygen atoms in total. The number of rotatable bonds is 5. The second kappa shape index (κ2) is 5.87. The number of ether oxygens (including phenoxy) is 2. The van der Waals surface area contributed by atoms with Gasteiger partial charge in [0.05, 0.1) is 0 Å². The average Bonchev–Trinajstić information content (AvgIpc) is 2.32. The fourth-order valence-corrected chi connectivity index (χ4v) is 1.19. The van der Waals surface area contributed by atoms with Gasteiger partial charge in [0.25, 0.3) is 0 Å². The zero-order chi connectivity index (χ0) is 14.6. The second-order valence-electron chi connectivity index (χ2n) is 4.98. The monoisotopic (exact) mass is 266 g/mol. The van der Waals surface area contributed by atoms with E-state index in [1.54, 1.807) is 0 Å². The molecule has 0 saturated carbocycles. The third-order valence-corrected chi connectivity index (χ3v) is 2.70. The molecule has 0 radical (unpaired) electrons. The molecular formula is C15H19FO3. The number of benzene rings is 1. The molecule has 0 N–H and O–H groups in total. The Kier molecular flexibility index (Phi) is 4.70. The smallest absolute Gasteiger partial charge is 0.338 e. The predicted octanol–water partition coefficient (Wildman–Crippen LogP) is 3.87. The summed E-state index contributed by atoms with van der Waals surface area (Å²) in [4.78, 5) is 11.3. The van der Waals surface area contributed by atoms with Crippen LogP contribution in [0.4, 0.5) is 4.39 Å². The van der Waals surface area contributed by atoms with Gasteiger partial charge in [-0.05, 0) is 39.3 Å². The molecule has 19 heavy (non-hydrogen) atoms. The van der Waals surface area contributed by atoms with E-state index in [2.05, 4.69) is 6.58 Å². The highest BCUT2D eigenvalue weighted by Crippen LogP contribution is 2.27. The molecule has 0 saturated heterocycles. The molecule has 104 valence electrons. The van der Waals surface area contributed by atoms with E-state index >= 15 is 0 Å². The van der Waals surface area contributed by atoms with Crippen LogP contribution in [0.2, 0.25) is 0 Å². The van der Waals surface area contributed by atoms with Crippen LogP contribution in [0.5, 0.6) is 11.5 Å². The van der Waals surface area contributed by atoms with E-state index in [0.717, 1.165) is 12.5 Å². The van der Waals surface area contributed by atoms with Gasteiger partial charge < -0.3 is 9.47 Å². The number of esters is 1. The van der Waals surface area contributed by atoms with E-state index < -0.39 is 17.4 Å². The van der Waals surface area contributed by atoms with Crippen LogP contribution in [-0.2, 0) is 4.79 Å². The summed E-state index contributed by atoms with van der Waals surface area (Å²) in [6, 6.07) is 4.07. The molecule has 0 spiro atoms. The van der Waals surface area contributed by atoms with Crippen LogP contribution >= 0.6 is 0 Å². The molecule has 0 unspecified atom stereocenters. The molecule has 0 aromatic heterocycles. The lowest BCUT2D eigenvalue weighted by Gasteiger charge is -2.25. The molecule has 1 aromatic carbocycles. The summed E-state index contributed by atoms with van der Waals surface area (Å²) < 4.78 is 24.3. The Labute approximate surface area is 113 Å². The first-order chi connectivity index (χ1) is 8.75. The molecule has 0 aliphatic carbocycles. The van der Waals surface area contributed by atoms with Crippen molar-refractivity contribution >= 4 is 5.97 Å².